The maximum atomic E-state index is 12.9. The first-order valence-electron chi connectivity index (χ1n) is 9.67. The van der Waals surface area contributed by atoms with Crippen LogP contribution in [0.2, 0.25) is 0 Å². The highest BCUT2D eigenvalue weighted by Gasteiger charge is 2.54. The van der Waals surface area contributed by atoms with E-state index in [4.69, 9.17) is 0 Å². The van der Waals surface area contributed by atoms with Crippen LogP contribution in [0.1, 0.15) is 64.7 Å². The summed E-state index contributed by atoms with van der Waals surface area (Å²) in [6.07, 6.45) is 11.8. The molecule has 5 rings (SSSR count). The van der Waals surface area contributed by atoms with Gasteiger partial charge in [0.1, 0.15) is 0 Å². The van der Waals surface area contributed by atoms with Crippen molar-refractivity contribution >= 4 is 5.91 Å². The number of hydrogen-bond acceptors (Lipinski definition) is 2. The maximum absolute atomic E-state index is 12.9. The van der Waals surface area contributed by atoms with Crippen molar-refractivity contribution in [1.82, 2.24) is 10.2 Å². The van der Waals surface area contributed by atoms with Gasteiger partial charge in [0, 0.05) is 24.5 Å². The van der Waals surface area contributed by atoms with Gasteiger partial charge in [-0.15, -0.1) is 0 Å². The Morgan fingerprint density at radius 3 is 2.32 bits per heavy atom. The summed E-state index contributed by atoms with van der Waals surface area (Å²) in [5.74, 6) is 2.98. The summed E-state index contributed by atoms with van der Waals surface area (Å²) in [4.78, 5) is 15.4. The lowest BCUT2D eigenvalue weighted by atomic mass is 9.49. The molecule has 22 heavy (non-hydrogen) atoms. The molecular formula is C19H32N2O. The summed E-state index contributed by atoms with van der Waals surface area (Å²) < 4.78 is 0. The largest absolute Gasteiger partial charge is 0.354 e. The van der Waals surface area contributed by atoms with E-state index in [1.54, 1.807) is 0 Å². The van der Waals surface area contributed by atoms with Crippen LogP contribution in [0.4, 0.5) is 0 Å². The molecule has 0 aromatic carbocycles. The van der Waals surface area contributed by atoms with E-state index in [1.165, 1.54) is 64.3 Å². The second kappa shape index (κ2) is 5.81. The highest BCUT2D eigenvalue weighted by molar-refractivity contribution is 5.83. The molecule has 1 amide bonds. The van der Waals surface area contributed by atoms with Gasteiger partial charge in [-0.2, -0.15) is 0 Å². The van der Waals surface area contributed by atoms with Crippen LogP contribution >= 0.6 is 0 Å². The first kappa shape index (κ1) is 15.0. The lowest BCUT2D eigenvalue weighted by Gasteiger charge is -2.55. The van der Waals surface area contributed by atoms with E-state index in [0.29, 0.717) is 11.9 Å². The second-order valence-corrected chi connectivity index (χ2v) is 8.83. The van der Waals surface area contributed by atoms with E-state index < -0.39 is 0 Å². The molecule has 1 aliphatic heterocycles. The van der Waals surface area contributed by atoms with Crippen molar-refractivity contribution in [3.63, 3.8) is 0 Å². The van der Waals surface area contributed by atoms with Crippen LogP contribution < -0.4 is 5.32 Å². The van der Waals surface area contributed by atoms with Crippen LogP contribution in [0, 0.1) is 23.2 Å². The average molecular weight is 304 g/mol. The van der Waals surface area contributed by atoms with Gasteiger partial charge in [0.25, 0.3) is 0 Å². The Hall–Kier alpha value is -0.570. The SMILES string of the molecule is C[C@@H]1CCCCN1CCNC(=O)C12CC3CC(CC(C3)C1)C2. The van der Waals surface area contributed by atoms with Crippen molar-refractivity contribution in [2.45, 2.75) is 70.8 Å². The normalized spacial score (nSPS) is 44.2. The molecule has 1 atom stereocenters. The minimum absolute atomic E-state index is 0.0300. The number of likely N-dealkylation sites (tertiary alicyclic amines) is 1. The molecule has 3 nitrogen and oxygen atoms in total. The maximum Gasteiger partial charge on any atom is 0.226 e. The Morgan fingerprint density at radius 2 is 1.73 bits per heavy atom. The van der Waals surface area contributed by atoms with E-state index in [1.807, 2.05) is 0 Å². The summed E-state index contributed by atoms with van der Waals surface area (Å²) in [6.45, 7) is 5.44. The van der Waals surface area contributed by atoms with Gasteiger partial charge >= 0.3 is 0 Å². The fourth-order valence-corrected chi connectivity index (χ4v) is 6.38. The minimum Gasteiger partial charge on any atom is -0.354 e. The fraction of sp³-hybridized carbons (Fsp3) is 0.947. The summed E-state index contributed by atoms with van der Waals surface area (Å²) in [7, 11) is 0. The van der Waals surface area contributed by atoms with E-state index >= 15 is 0 Å². The molecule has 124 valence electrons. The average Bonchev–Trinajstić information content (AvgIpc) is 2.47. The Kier molecular flexibility index (Phi) is 3.96. The van der Waals surface area contributed by atoms with Crippen LogP contribution in [0.25, 0.3) is 0 Å². The third-order valence-electron chi connectivity index (χ3n) is 7.15. The zero-order chi connectivity index (χ0) is 15.2. The predicted octanol–water partition coefficient (Wildman–Crippen LogP) is 3.19. The summed E-state index contributed by atoms with van der Waals surface area (Å²) in [5.41, 5.74) is 0.0300. The number of carbonyl (C=O) groups excluding carboxylic acids is 1. The molecule has 5 fully saturated rings. The zero-order valence-corrected chi connectivity index (χ0v) is 14.2. The van der Waals surface area contributed by atoms with Gasteiger partial charge < -0.3 is 5.32 Å². The van der Waals surface area contributed by atoms with Crippen molar-refractivity contribution in [3.05, 3.63) is 0 Å². The lowest BCUT2D eigenvalue weighted by Crippen LogP contribution is -2.54. The number of carbonyl (C=O) groups is 1. The standard InChI is InChI=1S/C19H32N2O/c1-14-4-2-3-6-21(14)7-5-20-18(22)19-11-15-8-16(12-19)10-17(9-15)13-19/h14-17H,2-13H2,1H3,(H,20,22)/t14-,15?,16?,17?,19?/m1/s1. The molecule has 0 aromatic heterocycles. The number of nitrogens with one attached hydrogen (secondary N) is 1. The van der Waals surface area contributed by atoms with Gasteiger partial charge in [0.05, 0.1) is 0 Å². The van der Waals surface area contributed by atoms with Crippen LogP contribution in [-0.2, 0) is 4.79 Å². The Bertz CT molecular complexity index is 398. The van der Waals surface area contributed by atoms with Gasteiger partial charge in [0.2, 0.25) is 5.91 Å². The van der Waals surface area contributed by atoms with Gasteiger partial charge in [-0.25, -0.2) is 0 Å². The molecule has 4 saturated carbocycles. The van der Waals surface area contributed by atoms with Gasteiger partial charge in [-0.05, 0) is 82.6 Å². The predicted molar refractivity (Wildman–Crippen MR) is 88.5 cm³/mol. The molecule has 5 aliphatic rings. The smallest absolute Gasteiger partial charge is 0.226 e. The zero-order valence-electron chi connectivity index (χ0n) is 14.2. The molecule has 3 heteroatoms. The number of hydrogen-bond donors (Lipinski definition) is 1. The van der Waals surface area contributed by atoms with Crippen LogP contribution in [-0.4, -0.2) is 36.5 Å². The molecular weight excluding hydrogens is 272 g/mol. The van der Waals surface area contributed by atoms with Crippen molar-refractivity contribution in [2.75, 3.05) is 19.6 Å². The van der Waals surface area contributed by atoms with Crippen molar-refractivity contribution in [1.29, 1.82) is 0 Å². The number of amides is 1. The van der Waals surface area contributed by atoms with Gasteiger partial charge in [-0.3, -0.25) is 9.69 Å². The van der Waals surface area contributed by atoms with Crippen LogP contribution in [0.3, 0.4) is 0 Å². The summed E-state index contributed by atoms with van der Waals surface area (Å²) in [6, 6.07) is 0.699. The monoisotopic (exact) mass is 304 g/mol. The first-order valence-corrected chi connectivity index (χ1v) is 9.67. The van der Waals surface area contributed by atoms with Crippen LogP contribution in [0.15, 0.2) is 0 Å². The molecule has 4 aliphatic carbocycles. The van der Waals surface area contributed by atoms with Gasteiger partial charge in [0.15, 0.2) is 0 Å². The summed E-state index contributed by atoms with van der Waals surface area (Å²) >= 11 is 0. The third kappa shape index (κ3) is 2.70. The number of nitrogens with zero attached hydrogens (tertiary/aromatic N) is 1. The van der Waals surface area contributed by atoms with E-state index in [0.717, 1.165) is 30.8 Å². The topological polar surface area (TPSA) is 32.3 Å². The number of piperidine rings is 1. The fourth-order valence-electron chi connectivity index (χ4n) is 6.38. The second-order valence-electron chi connectivity index (χ2n) is 8.83. The molecule has 4 bridgehead atoms. The van der Waals surface area contributed by atoms with E-state index in [2.05, 4.69) is 17.1 Å². The van der Waals surface area contributed by atoms with E-state index in [-0.39, 0.29) is 5.41 Å². The Morgan fingerprint density at radius 1 is 1.09 bits per heavy atom. The molecule has 1 heterocycles. The molecule has 0 radical (unpaired) electrons. The van der Waals surface area contributed by atoms with E-state index in [9.17, 15) is 4.79 Å². The molecule has 0 spiro atoms. The van der Waals surface area contributed by atoms with Crippen molar-refractivity contribution in [3.8, 4) is 0 Å². The van der Waals surface area contributed by atoms with Crippen molar-refractivity contribution in [2.24, 2.45) is 23.2 Å². The highest BCUT2D eigenvalue weighted by Crippen LogP contribution is 2.60. The van der Waals surface area contributed by atoms with Gasteiger partial charge in [-0.1, -0.05) is 6.42 Å². The lowest BCUT2D eigenvalue weighted by molar-refractivity contribution is -0.146. The van der Waals surface area contributed by atoms with Crippen LogP contribution in [0.5, 0.6) is 0 Å². The molecule has 1 N–H and O–H groups in total. The van der Waals surface area contributed by atoms with Crippen molar-refractivity contribution < 1.29 is 4.79 Å². The first-order chi connectivity index (χ1) is 10.6. The highest BCUT2D eigenvalue weighted by atomic mass is 16.2. The Labute approximate surface area is 135 Å². The molecule has 1 saturated heterocycles. The summed E-state index contributed by atoms with van der Waals surface area (Å²) in [5, 5.41) is 3.33. The number of rotatable bonds is 4. The molecule has 0 aromatic rings. The third-order valence-corrected chi connectivity index (χ3v) is 7.15. The molecule has 0 unspecified atom stereocenters. The Balaban J connectivity index is 1.31. The minimum atomic E-state index is 0.0300. The quantitative estimate of drug-likeness (QED) is 0.865.